The van der Waals surface area contributed by atoms with Gasteiger partial charge in [0.1, 0.15) is 11.5 Å². The number of methoxy groups -OCH3 is 1. The Balaban J connectivity index is 2.01. The first-order valence-corrected chi connectivity index (χ1v) is 12.2. The van der Waals surface area contributed by atoms with Gasteiger partial charge in [-0.05, 0) is 60.4 Å². The van der Waals surface area contributed by atoms with Gasteiger partial charge in [0.05, 0.1) is 22.7 Å². The molecule has 0 fully saturated rings. The fourth-order valence-corrected chi connectivity index (χ4v) is 5.01. The van der Waals surface area contributed by atoms with Crippen LogP contribution in [0.3, 0.4) is 0 Å². The van der Waals surface area contributed by atoms with Crippen LogP contribution < -0.4 is 13.8 Å². The second kappa shape index (κ2) is 10.3. The average Bonchev–Trinajstić information content (AvgIpc) is 2.78. The third-order valence-electron chi connectivity index (χ3n) is 5.02. The van der Waals surface area contributed by atoms with Gasteiger partial charge in [0.2, 0.25) is 0 Å². The van der Waals surface area contributed by atoms with Crippen molar-refractivity contribution in [2.45, 2.75) is 31.6 Å². The number of anilines is 1. The highest BCUT2D eigenvalue weighted by Gasteiger charge is 2.32. The van der Waals surface area contributed by atoms with Gasteiger partial charge in [0.15, 0.2) is 6.61 Å². The van der Waals surface area contributed by atoms with Crippen molar-refractivity contribution in [3.8, 4) is 11.5 Å². The number of nitrogens with zero attached hydrogens (tertiary/aromatic N) is 1. The van der Waals surface area contributed by atoms with E-state index in [1.54, 1.807) is 18.2 Å². The molecule has 0 aliphatic carbocycles. The van der Waals surface area contributed by atoms with Crippen molar-refractivity contribution in [3.05, 3.63) is 82.9 Å². The maximum absolute atomic E-state index is 13.5. The van der Waals surface area contributed by atoms with Crippen LogP contribution in [0, 0.1) is 6.92 Å². The average molecular weight is 488 g/mol. The van der Waals surface area contributed by atoms with Crippen LogP contribution in [0.2, 0.25) is 5.02 Å². The highest BCUT2D eigenvalue weighted by Crippen LogP contribution is 2.33. The molecule has 33 heavy (non-hydrogen) atoms. The third kappa shape index (κ3) is 5.49. The summed E-state index contributed by atoms with van der Waals surface area (Å²) < 4.78 is 38.6. The van der Waals surface area contributed by atoms with Crippen LogP contribution in [-0.4, -0.2) is 28.0 Å². The van der Waals surface area contributed by atoms with Gasteiger partial charge in [-0.2, -0.15) is 4.31 Å². The zero-order chi connectivity index (χ0) is 24.2. The highest BCUT2D eigenvalue weighted by molar-refractivity contribution is 7.93. The van der Waals surface area contributed by atoms with E-state index < -0.39 is 22.5 Å². The quantitative estimate of drug-likeness (QED) is 0.414. The predicted octanol–water partition coefficient (Wildman–Crippen LogP) is 5.58. The lowest BCUT2D eigenvalue weighted by Crippen LogP contribution is -2.40. The van der Waals surface area contributed by atoms with Crippen LogP contribution in [0.5, 0.6) is 11.5 Å². The molecule has 1 amide bonds. The van der Waals surface area contributed by atoms with Crippen LogP contribution in [0.25, 0.3) is 0 Å². The molecule has 6 nitrogen and oxygen atoms in total. The van der Waals surface area contributed by atoms with Crippen molar-refractivity contribution in [3.63, 3.8) is 0 Å². The Hall–Kier alpha value is -3.03. The summed E-state index contributed by atoms with van der Waals surface area (Å²) in [6.45, 7) is 5.49. The Kier molecular flexibility index (Phi) is 7.66. The molecule has 3 aromatic carbocycles. The van der Waals surface area contributed by atoms with Gasteiger partial charge in [-0.1, -0.05) is 55.8 Å². The van der Waals surface area contributed by atoms with Crippen molar-refractivity contribution in [2.24, 2.45) is 0 Å². The van der Waals surface area contributed by atoms with E-state index >= 15 is 0 Å². The highest BCUT2D eigenvalue weighted by atomic mass is 35.5. The fourth-order valence-electron chi connectivity index (χ4n) is 3.34. The van der Waals surface area contributed by atoms with E-state index in [4.69, 9.17) is 21.1 Å². The molecule has 0 heterocycles. The lowest BCUT2D eigenvalue weighted by Gasteiger charge is -2.24. The van der Waals surface area contributed by atoms with Crippen LogP contribution in [0.4, 0.5) is 5.69 Å². The lowest BCUT2D eigenvalue weighted by molar-refractivity contribution is -0.119. The Morgan fingerprint density at radius 2 is 1.70 bits per heavy atom. The number of hydrogen-bond acceptors (Lipinski definition) is 5. The van der Waals surface area contributed by atoms with Crippen molar-refractivity contribution < 1.29 is 22.7 Å². The van der Waals surface area contributed by atoms with Gasteiger partial charge < -0.3 is 9.47 Å². The maximum Gasteiger partial charge on any atom is 0.278 e. The maximum atomic E-state index is 13.5. The van der Waals surface area contributed by atoms with Gasteiger partial charge >= 0.3 is 0 Å². The summed E-state index contributed by atoms with van der Waals surface area (Å²) in [5.41, 5.74) is 1.99. The van der Waals surface area contributed by atoms with E-state index in [2.05, 4.69) is 0 Å². The number of aryl methyl sites for hydroxylation is 1. The SMILES string of the molecule is COc1ccc(N(C(=O)COc2cc(C)ccc2C(C)C)S(=O)(=O)c2ccccc2)cc1Cl. The molecular weight excluding hydrogens is 462 g/mol. The summed E-state index contributed by atoms with van der Waals surface area (Å²) in [6, 6.07) is 17.8. The fraction of sp³-hybridized carbons (Fsp3) is 0.240. The van der Waals surface area contributed by atoms with Crippen LogP contribution in [0.15, 0.2) is 71.6 Å². The molecule has 0 saturated carbocycles. The van der Waals surface area contributed by atoms with E-state index in [1.165, 1.54) is 37.4 Å². The van der Waals surface area contributed by atoms with E-state index in [1.807, 2.05) is 39.0 Å². The number of hydrogen-bond donors (Lipinski definition) is 0. The monoisotopic (exact) mass is 487 g/mol. The number of carbonyl (C=O) groups excluding carboxylic acids is 1. The summed E-state index contributed by atoms with van der Waals surface area (Å²) in [6.07, 6.45) is 0. The summed E-state index contributed by atoms with van der Waals surface area (Å²) in [7, 11) is -2.77. The number of rotatable bonds is 8. The molecule has 0 spiro atoms. The number of ether oxygens (including phenoxy) is 2. The largest absolute Gasteiger partial charge is 0.495 e. The van der Waals surface area contributed by atoms with Crippen LogP contribution in [0.1, 0.15) is 30.9 Å². The molecule has 0 unspecified atom stereocenters. The lowest BCUT2D eigenvalue weighted by atomic mass is 10.0. The number of benzene rings is 3. The Morgan fingerprint density at radius 1 is 1.00 bits per heavy atom. The molecule has 0 aliphatic rings. The molecule has 0 bridgehead atoms. The molecule has 0 atom stereocenters. The smallest absolute Gasteiger partial charge is 0.278 e. The van der Waals surface area contributed by atoms with E-state index in [0.717, 1.165) is 15.4 Å². The van der Waals surface area contributed by atoms with Gasteiger partial charge in [0, 0.05) is 0 Å². The Morgan fingerprint density at radius 3 is 2.30 bits per heavy atom. The Bertz CT molecular complexity index is 1240. The van der Waals surface area contributed by atoms with Gasteiger partial charge in [-0.15, -0.1) is 0 Å². The topological polar surface area (TPSA) is 72.9 Å². The molecule has 174 valence electrons. The van der Waals surface area contributed by atoms with Gasteiger partial charge in [0.25, 0.3) is 15.9 Å². The minimum absolute atomic E-state index is 0.0243. The number of sulfonamides is 1. The first-order chi connectivity index (χ1) is 15.6. The van der Waals surface area contributed by atoms with Crippen molar-refractivity contribution in [2.75, 3.05) is 18.0 Å². The molecule has 0 aliphatic heterocycles. The first-order valence-electron chi connectivity index (χ1n) is 10.3. The van der Waals surface area contributed by atoms with Crippen molar-refractivity contribution in [1.82, 2.24) is 0 Å². The van der Waals surface area contributed by atoms with Gasteiger partial charge in [-0.3, -0.25) is 4.79 Å². The van der Waals surface area contributed by atoms with E-state index in [0.29, 0.717) is 11.5 Å². The van der Waals surface area contributed by atoms with Crippen molar-refractivity contribution in [1.29, 1.82) is 0 Å². The summed E-state index contributed by atoms with van der Waals surface area (Å²) in [5.74, 6) is 0.322. The van der Waals surface area contributed by atoms with Crippen LogP contribution >= 0.6 is 11.6 Å². The molecule has 3 aromatic rings. The van der Waals surface area contributed by atoms with Crippen LogP contribution in [-0.2, 0) is 14.8 Å². The zero-order valence-electron chi connectivity index (χ0n) is 18.9. The standard InChI is InChI=1S/C25H26ClNO5S/c1-17(2)21-12-10-18(3)14-24(21)32-16-25(28)27(19-11-13-23(31-4)22(26)15-19)33(29,30)20-8-6-5-7-9-20/h5-15,17H,16H2,1-4H3. The number of amides is 1. The minimum atomic E-state index is -4.22. The predicted molar refractivity (Wildman–Crippen MR) is 130 cm³/mol. The second-order valence-electron chi connectivity index (χ2n) is 7.78. The molecule has 0 saturated heterocycles. The zero-order valence-corrected chi connectivity index (χ0v) is 20.5. The second-order valence-corrected chi connectivity index (χ2v) is 9.97. The summed E-state index contributed by atoms with van der Waals surface area (Å²) in [5, 5.41) is 0.178. The van der Waals surface area contributed by atoms with Gasteiger partial charge in [-0.25, -0.2) is 8.42 Å². The first kappa shape index (κ1) is 24.6. The normalized spacial score (nSPS) is 11.3. The molecule has 0 radical (unpaired) electrons. The third-order valence-corrected chi connectivity index (χ3v) is 7.08. The minimum Gasteiger partial charge on any atom is -0.495 e. The summed E-state index contributed by atoms with van der Waals surface area (Å²) in [4.78, 5) is 13.3. The van der Waals surface area contributed by atoms with Crippen molar-refractivity contribution >= 4 is 33.2 Å². The number of carbonyl (C=O) groups is 1. The molecule has 0 N–H and O–H groups in total. The summed E-state index contributed by atoms with van der Waals surface area (Å²) >= 11 is 6.23. The Labute approximate surface area is 199 Å². The molecule has 8 heteroatoms. The molecule has 0 aromatic heterocycles. The molecular formula is C25H26ClNO5S. The van der Waals surface area contributed by atoms with E-state index in [9.17, 15) is 13.2 Å². The van der Waals surface area contributed by atoms with E-state index in [-0.39, 0.29) is 21.5 Å². The molecule has 3 rings (SSSR count). The number of halogens is 1.